The largest absolute Gasteiger partial charge is 0.290 e. The fourth-order valence-corrected chi connectivity index (χ4v) is 1.67. The molecular formula is C8H16N2. The van der Waals surface area contributed by atoms with Gasteiger partial charge in [0, 0.05) is 12.6 Å². The van der Waals surface area contributed by atoms with Crippen LogP contribution in [-0.4, -0.2) is 42.1 Å². The molecule has 0 aromatic rings. The molecule has 2 atom stereocenters. The third-order valence-electron chi connectivity index (χ3n) is 2.57. The summed E-state index contributed by atoms with van der Waals surface area (Å²) in [6.07, 6.45) is 2.84. The average Bonchev–Trinajstić information content (AvgIpc) is 2.48. The van der Waals surface area contributed by atoms with Crippen LogP contribution in [0, 0.1) is 0 Å². The average molecular weight is 140 g/mol. The Bertz CT molecular complexity index is 118. The minimum absolute atomic E-state index is 0.876. The van der Waals surface area contributed by atoms with Crippen LogP contribution in [0.4, 0.5) is 0 Å². The SMILES string of the molecule is CC1CN1CN1CCCC1. The number of hydrogen-bond donors (Lipinski definition) is 0. The van der Waals surface area contributed by atoms with Crippen molar-refractivity contribution in [1.29, 1.82) is 0 Å². The molecule has 0 amide bonds. The fourth-order valence-electron chi connectivity index (χ4n) is 1.67. The summed E-state index contributed by atoms with van der Waals surface area (Å²) in [7, 11) is 0. The molecule has 2 aliphatic rings. The summed E-state index contributed by atoms with van der Waals surface area (Å²) in [6, 6.07) is 0.876. The number of hydrogen-bond acceptors (Lipinski definition) is 2. The van der Waals surface area contributed by atoms with E-state index in [0.717, 1.165) is 6.04 Å². The zero-order valence-corrected chi connectivity index (χ0v) is 6.71. The Balaban J connectivity index is 1.70. The Hall–Kier alpha value is -0.0800. The predicted molar refractivity (Wildman–Crippen MR) is 41.8 cm³/mol. The molecule has 0 bridgehead atoms. The molecule has 58 valence electrons. The monoisotopic (exact) mass is 140 g/mol. The predicted octanol–water partition coefficient (Wildman–Crippen LogP) is 0.744. The first-order valence-corrected chi connectivity index (χ1v) is 4.32. The van der Waals surface area contributed by atoms with E-state index >= 15 is 0 Å². The molecule has 0 aromatic carbocycles. The lowest BCUT2D eigenvalue weighted by molar-refractivity contribution is 0.250. The molecule has 2 rings (SSSR count). The smallest absolute Gasteiger partial charge is 0.0509 e. The van der Waals surface area contributed by atoms with E-state index in [9.17, 15) is 0 Å². The first-order chi connectivity index (χ1) is 4.86. The minimum Gasteiger partial charge on any atom is -0.290 e. The zero-order valence-electron chi connectivity index (χ0n) is 6.71. The molecule has 2 heterocycles. The summed E-state index contributed by atoms with van der Waals surface area (Å²) in [5.41, 5.74) is 0. The molecule has 0 saturated carbocycles. The van der Waals surface area contributed by atoms with Crippen LogP contribution in [0.3, 0.4) is 0 Å². The van der Waals surface area contributed by atoms with Gasteiger partial charge in [0.25, 0.3) is 0 Å². The Morgan fingerprint density at radius 1 is 1.30 bits per heavy atom. The highest BCUT2D eigenvalue weighted by Gasteiger charge is 2.30. The highest BCUT2D eigenvalue weighted by Crippen LogP contribution is 2.18. The van der Waals surface area contributed by atoms with Crippen molar-refractivity contribution in [3.63, 3.8) is 0 Å². The molecular weight excluding hydrogens is 124 g/mol. The fraction of sp³-hybridized carbons (Fsp3) is 1.00. The van der Waals surface area contributed by atoms with Crippen LogP contribution in [0.25, 0.3) is 0 Å². The van der Waals surface area contributed by atoms with E-state index in [-0.39, 0.29) is 0 Å². The van der Waals surface area contributed by atoms with Crippen molar-refractivity contribution in [2.24, 2.45) is 0 Å². The zero-order chi connectivity index (χ0) is 6.97. The van der Waals surface area contributed by atoms with Crippen molar-refractivity contribution in [3.05, 3.63) is 0 Å². The molecule has 2 nitrogen and oxygen atoms in total. The van der Waals surface area contributed by atoms with Crippen molar-refractivity contribution in [3.8, 4) is 0 Å². The summed E-state index contributed by atoms with van der Waals surface area (Å²) < 4.78 is 0. The molecule has 0 aromatic heterocycles. The topological polar surface area (TPSA) is 6.25 Å². The number of likely N-dealkylation sites (tertiary alicyclic amines) is 1. The first-order valence-electron chi connectivity index (χ1n) is 4.32. The van der Waals surface area contributed by atoms with Crippen LogP contribution >= 0.6 is 0 Å². The Kier molecular flexibility index (Phi) is 1.66. The van der Waals surface area contributed by atoms with E-state index in [1.54, 1.807) is 0 Å². The van der Waals surface area contributed by atoms with Crippen LogP contribution in [-0.2, 0) is 0 Å². The number of rotatable bonds is 2. The van der Waals surface area contributed by atoms with Gasteiger partial charge in [-0.15, -0.1) is 0 Å². The van der Waals surface area contributed by atoms with Crippen LogP contribution in [0.1, 0.15) is 19.8 Å². The highest BCUT2D eigenvalue weighted by atomic mass is 15.4. The Labute approximate surface area is 62.8 Å². The van der Waals surface area contributed by atoms with Gasteiger partial charge < -0.3 is 0 Å². The maximum Gasteiger partial charge on any atom is 0.0509 e. The first kappa shape index (κ1) is 6.62. The van der Waals surface area contributed by atoms with Crippen molar-refractivity contribution in [2.45, 2.75) is 25.8 Å². The van der Waals surface area contributed by atoms with Crippen LogP contribution in [0.2, 0.25) is 0 Å². The summed E-state index contributed by atoms with van der Waals surface area (Å²) in [4.78, 5) is 5.08. The van der Waals surface area contributed by atoms with Crippen molar-refractivity contribution < 1.29 is 0 Å². The van der Waals surface area contributed by atoms with Crippen LogP contribution in [0.5, 0.6) is 0 Å². The minimum atomic E-state index is 0.876. The molecule has 2 heteroatoms. The molecule has 2 aliphatic heterocycles. The molecule has 0 aliphatic carbocycles. The molecule has 2 fully saturated rings. The van der Waals surface area contributed by atoms with E-state index < -0.39 is 0 Å². The second-order valence-corrected chi connectivity index (χ2v) is 3.59. The van der Waals surface area contributed by atoms with Gasteiger partial charge in [-0.25, -0.2) is 0 Å². The van der Waals surface area contributed by atoms with E-state index in [0.29, 0.717) is 0 Å². The molecule has 10 heavy (non-hydrogen) atoms. The third-order valence-corrected chi connectivity index (χ3v) is 2.57. The lowest BCUT2D eigenvalue weighted by atomic mass is 10.4. The molecule has 2 unspecified atom stereocenters. The van der Waals surface area contributed by atoms with Gasteiger partial charge in [0.1, 0.15) is 0 Å². The molecule has 2 saturated heterocycles. The lowest BCUT2D eigenvalue weighted by Crippen LogP contribution is -2.26. The van der Waals surface area contributed by atoms with Gasteiger partial charge in [-0.1, -0.05) is 0 Å². The highest BCUT2D eigenvalue weighted by molar-refractivity contribution is 4.84. The number of nitrogens with zero attached hydrogens (tertiary/aromatic N) is 2. The van der Waals surface area contributed by atoms with Gasteiger partial charge in [0.05, 0.1) is 6.67 Å². The van der Waals surface area contributed by atoms with Crippen molar-refractivity contribution >= 4 is 0 Å². The van der Waals surface area contributed by atoms with E-state index in [1.165, 1.54) is 39.1 Å². The van der Waals surface area contributed by atoms with Crippen LogP contribution < -0.4 is 0 Å². The standard InChI is InChI=1S/C8H16N2/c1-8-6-10(8)7-9-4-2-3-5-9/h8H,2-7H2,1H3. The maximum absolute atomic E-state index is 2.56. The van der Waals surface area contributed by atoms with Gasteiger partial charge in [0.15, 0.2) is 0 Å². The molecule has 0 radical (unpaired) electrons. The normalized spacial score (nSPS) is 40.5. The second-order valence-electron chi connectivity index (χ2n) is 3.59. The van der Waals surface area contributed by atoms with Gasteiger partial charge in [-0.05, 0) is 32.9 Å². The van der Waals surface area contributed by atoms with Gasteiger partial charge in [-0.2, -0.15) is 0 Å². The van der Waals surface area contributed by atoms with Gasteiger partial charge >= 0.3 is 0 Å². The van der Waals surface area contributed by atoms with Crippen molar-refractivity contribution in [2.75, 3.05) is 26.3 Å². The van der Waals surface area contributed by atoms with Gasteiger partial charge in [-0.3, -0.25) is 9.80 Å². The summed E-state index contributed by atoms with van der Waals surface area (Å²) in [5, 5.41) is 0. The van der Waals surface area contributed by atoms with Crippen molar-refractivity contribution in [1.82, 2.24) is 9.80 Å². The summed E-state index contributed by atoms with van der Waals surface area (Å²) >= 11 is 0. The summed E-state index contributed by atoms with van der Waals surface area (Å²) in [5.74, 6) is 0. The second kappa shape index (κ2) is 2.51. The van der Waals surface area contributed by atoms with E-state index in [1.807, 2.05) is 0 Å². The third kappa shape index (κ3) is 1.32. The molecule has 0 spiro atoms. The van der Waals surface area contributed by atoms with Crippen LogP contribution in [0.15, 0.2) is 0 Å². The Morgan fingerprint density at radius 2 is 1.90 bits per heavy atom. The molecule has 0 N–H and O–H groups in total. The lowest BCUT2D eigenvalue weighted by Gasteiger charge is -2.14. The van der Waals surface area contributed by atoms with Gasteiger partial charge in [0.2, 0.25) is 0 Å². The quantitative estimate of drug-likeness (QED) is 0.522. The van der Waals surface area contributed by atoms with E-state index in [4.69, 9.17) is 0 Å². The van der Waals surface area contributed by atoms with E-state index in [2.05, 4.69) is 16.7 Å². The maximum atomic E-state index is 2.56. The Morgan fingerprint density at radius 3 is 2.40 bits per heavy atom. The summed E-state index contributed by atoms with van der Waals surface area (Å²) in [6.45, 7) is 7.54.